The number of carbonyl (C=O) groups is 1. The summed E-state index contributed by atoms with van der Waals surface area (Å²) in [6.07, 6.45) is 3.13. The zero-order valence-electron chi connectivity index (χ0n) is 10.2. The Balaban J connectivity index is 2.26. The van der Waals surface area contributed by atoms with E-state index in [2.05, 4.69) is 9.97 Å². The molecule has 0 atom stereocenters. The fraction of sp³-hybridized carbons (Fsp3) is 0.154. The van der Waals surface area contributed by atoms with Crippen molar-refractivity contribution in [3.63, 3.8) is 0 Å². The lowest BCUT2D eigenvalue weighted by molar-refractivity contribution is 0.0696. The second-order valence-corrected chi connectivity index (χ2v) is 4.54. The largest absolute Gasteiger partial charge is 0.491 e. The van der Waals surface area contributed by atoms with Gasteiger partial charge in [-0.2, -0.15) is 0 Å². The zero-order valence-corrected chi connectivity index (χ0v) is 11.1. The van der Waals surface area contributed by atoms with E-state index < -0.39 is 5.97 Å². The third-order valence-electron chi connectivity index (χ3n) is 2.22. The molecule has 0 saturated heterocycles. The molecule has 0 bridgehead atoms. The van der Waals surface area contributed by atoms with Crippen LogP contribution in [0.3, 0.4) is 0 Å². The van der Waals surface area contributed by atoms with Crippen LogP contribution < -0.4 is 4.74 Å². The summed E-state index contributed by atoms with van der Waals surface area (Å²) in [7, 11) is 0. The van der Waals surface area contributed by atoms with Gasteiger partial charge in [0.1, 0.15) is 10.1 Å². The summed E-state index contributed by atoms with van der Waals surface area (Å²) in [6, 6.07) is 6.57. The van der Waals surface area contributed by atoms with Gasteiger partial charge < -0.3 is 9.84 Å². The summed E-state index contributed by atoms with van der Waals surface area (Å²) in [5.74, 6) is -0.312. The van der Waals surface area contributed by atoms with Crippen LogP contribution in [0.4, 0.5) is 0 Å². The van der Waals surface area contributed by atoms with Gasteiger partial charge in [-0.1, -0.05) is 0 Å². The van der Waals surface area contributed by atoms with Gasteiger partial charge in [0.2, 0.25) is 0 Å². The molecule has 0 amide bonds. The van der Waals surface area contributed by atoms with E-state index in [1.807, 2.05) is 13.0 Å². The lowest BCUT2D eigenvalue weighted by Crippen LogP contribution is -1.98. The number of nitrogens with zero attached hydrogens (tertiary/aromatic N) is 2. The molecule has 2 aromatic rings. The number of aromatic carboxylic acids is 1. The Morgan fingerprint density at radius 3 is 2.95 bits per heavy atom. The van der Waals surface area contributed by atoms with E-state index in [0.717, 1.165) is 0 Å². The molecule has 0 unspecified atom stereocenters. The Kier molecular flexibility index (Phi) is 4.35. The summed E-state index contributed by atoms with van der Waals surface area (Å²) in [6.45, 7) is 2.44. The average Bonchev–Trinajstić information content (AvgIpc) is 2.41. The highest BCUT2D eigenvalue weighted by atomic mass is 32.2. The maximum absolute atomic E-state index is 10.9. The van der Waals surface area contributed by atoms with Gasteiger partial charge in [-0.05, 0) is 43.0 Å². The highest BCUT2D eigenvalue weighted by molar-refractivity contribution is 7.99. The van der Waals surface area contributed by atoms with Crippen LogP contribution in [-0.4, -0.2) is 27.7 Å². The molecule has 0 aliphatic rings. The number of hydrogen-bond acceptors (Lipinski definition) is 5. The molecule has 2 aromatic heterocycles. The molecule has 2 heterocycles. The monoisotopic (exact) mass is 276 g/mol. The summed E-state index contributed by atoms with van der Waals surface area (Å²) >= 11 is 1.28. The number of pyridine rings is 2. The van der Waals surface area contributed by atoms with Gasteiger partial charge in [-0.3, -0.25) is 0 Å². The Hall–Kier alpha value is -2.08. The highest BCUT2D eigenvalue weighted by Crippen LogP contribution is 2.31. The van der Waals surface area contributed by atoms with Crippen molar-refractivity contribution in [3.8, 4) is 5.75 Å². The molecule has 0 aliphatic heterocycles. The first-order valence-corrected chi connectivity index (χ1v) is 6.47. The molecule has 5 nitrogen and oxygen atoms in total. The topological polar surface area (TPSA) is 72.3 Å². The summed E-state index contributed by atoms with van der Waals surface area (Å²) < 4.78 is 5.46. The van der Waals surface area contributed by atoms with Crippen molar-refractivity contribution in [1.29, 1.82) is 0 Å². The van der Waals surface area contributed by atoms with Crippen LogP contribution in [0.1, 0.15) is 17.3 Å². The lowest BCUT2D eigenvalue weighted by Gasteiger charge is -2.07. The lowest BCUT2D eigenvalue weighted by atomic mass is 10.3. The van der Waals surface area contributed by atoms with Crippen LogP contribution in [0.25, 0.3) is 0 Å². The van der Waals surface area contributed by atoms with E-state index >= 15 is 0 Å². The summed E-state index contributed by atoms with van der Waals surface area (Å²) in [5, 5.41) is 10.2. The molecule has 6 heteroatoms. The van der Waals surface area contributed by atoms with Crippen molar-refractivity contribution >= 4 is 17.7 Å². The number of rotatable bonds is 5. The van der Waals surface area contributed by atoms with Crippen LogP contribution >= 0.6 is 11.8 Å². The minimum absolute atomic E-state index is 0.200. The first-order valence-electron chi connectivity index (χ1n) is 5.65. The fourth-order valence-corrected chi connectivity index (χ4v) is 2.25. The van der Waals surface area contributed by atoms with Crippen molar-refractivity contribution in [1.82, 2.24) is 9.97 Å². The van der Waals surface area contributed by atoms with Crippen molar-refractivity contribution < 1.29 is 14.6 Å². The molecule has 0 aromatic carbocycles. The number of hydrogen-bond donors (Lipinski definition) is 1. The van der Waals surface area contributed by atoms with Crippen molar-refractivity contribution in [2.45, 2.75) is 17.0 Å². The van der Waals surface area contributed by atoms with Crippen LogP contribution in [0.15, 0.2) is 46.7 Å². The molecule has 98 valence electrons. The quantitative estimate of drug-likeness (QED) is 0.905. The molecule has 0 radical (unpaired) electrons. The Morgan fingerprint density at radius 2 is 2.21 bits per heavy atom. The zero-order chi connectivity index (χ0) is 13.7. The van der Waals surface area contributed by atoms with Crippen molar-refractivity contribution in [2.24, 2.45) is 0 Å². The van der Waals surface area contributed by atoms with Crippen LogP contribution in [0, 0.1) is 0 Å². The van der Waals surface area contributed by atoms with Gasteiger partial charge in [0.05, 0.1) is 12.2 Å². The van der Waals surface area contributed by atoms with E-state index in [9.17, 15) is 4.79 Å². The van der Waals surface area contributed by atoms with Crippen LogP contribution in [0.2, 0.25) is 0 Å². The molecule has 2 rings (SSSR count). The van der Waals surface area contributed by atoms with E-state index in [4.69, 9.17) is 9.84 Å². The Bertz CT molecular complexity index is 590. The first-order chi connectivity index (χ1) is 9.20. The molecular weight excluding hydrogens is 264 g/mol. The molecule has 1 N–H and O–H groups in total. The molecule has 0 aliphatic carbocycles. The standard InChI is InChI=1S/C13H12N2O3S/c1-2-18-10-4-3-6-15-12(10)19-11-8-9(13(16)17)5-7-14-11/h3-8H,2H2,1H3,(H,16,17). The fourth-order valence-electron chi connectivity index (χ4n) is 1.42. The third-order valence-corrected chi connectivity index (χ3v) is 3.15. The smallest absolute Gasteiger partial charge is 0.335 e. The van der Waals surface area contributed by atoms with E-state index in [1.54, 1.807) is 12.3 Å². The normalized spacial score (nSPS) is 10.2. The highest BCUT2D eigenvalue weighted by Gasteiger charge is 2.09. The summed E-state index contributed by atoms with van der Waals surface area (Å²) in [4.78, 5) is 19.2. The predicted molar refractivity (Wildman–Crippen MR) is 70.7 cm³/mol. The van der Waals surface area contributed by atoms with E-state index in [-0.39, 0.29) is 5.56 Å². The van der Waals surface area contributed by atoms with Crippen LogP contribution in [-0.2, 0) is 0 Å². The van der Waals surface area contributed by atoms with E-state index in [0.29, 0.717) is 22.4 Å². The number of carboxylic acids is 1. The number of aromatic nitrogens is 2. The van der Waals surface area contributed by atoms with Gasteiger partial charge in [-0.15, -0.1) is 0 Å². The second-order valence-electron chi connectivity index (χ2n) is 3.53. The van der Waals surface area contributed by atoms with Gasteiger partial charge in [0.25, 0.3) is 0 Å². The first kappa shape index (κ1) is 13.4. The molecular formula is C13H12N2O3S. The molecule has 0 fully saturated rings. The van der Waals surface area contributed by atoms with Crippen molar-refractivity contribution in [3.05, 3.63) is 42.2 Å². The second kappa shape index (κ2) is 6.19. The SMILES string of the molecule is CCOc1cccnc1Sc1cc(C(=O)O)ccn1. The maximum Gasteiger partial charge on any atom is 0.335 e. The van der Waals surface area contributed by atoms with E-state index in [1.165, 1.54) is 30.1 Å². The molecule has 0 spiro atoms. The summed E-state index contributed by atoms with van der Waals surface area (Å²) in [5.41, 5.74) is 0.200. The number of carboxylic acid groups (broad SMARTS) is 1. The molecule has 19 heavy (non-hydrogen) atoms. The molecule has 0 saturated carbocycles. The average molecular weight is 276 g/mol. The van der Waals surface area contributed by atoms with Crippen LogP contribution in [0.5, 0.6) is 5.75 Å². The predicted octanol–water partition coefficient (Wildman–Crippen LogP) is 2.72. The van der Waals surface area contributed by atoms with Gasteiger partial charge in [-0.25, -0.2) is 14.8 Å². The number of ether oxygens (including phenoxy) is 1. The minimum Gasteiger partial charge on any atom is -0.491 e. The minimum atomic E-state index is -0.977. The van der Waals surface area contributed by atoms with Gasteiger partial charge in [0.15, 0.2) is 5.75 Å². The van der Waals surface area contributed by atoms with Gasteiger partial charge >= 0.3 is 5.97 Å². The van der Waals surface area contributed by atoms with Gasteiger partial charge in [0, 0.05) is 12.4 Å². The third kappa shape index (κ3) is 3.45. The Morgan fingerprint density at radius 1 is 1.37 bits per heavy atom. The maximum atomic E-state index is 10.9. The Labute approximate surface area is 114 Å². The van der Waals surface area contributed by atoms with Crippen molar-refractivity contribution in [2.75, 3.05) is 6.61 Å².